The van der Waals surface area contributed by atoms with Crippen molar-refractivity contribution in [3.8, 4) is 0 Å². The highest BCUT2D eigenvalue weighted by molar-refractivity contribution is 5.76. The van der Waals surface area contributed by atoms with Crippen LogP contribution in [0.5, 0.6) is 0 Å². The Morgan fingerprint density at radius 2 is 2.20 bits per heavy atom. The lowest BCUT2D eigenvalue weighted by Gasteiger charge is -2.23. The summed E-state index contributed by atoms with van der Waals surface area (Å²) in [6.07, 6.45) is 0.541. The van der Waals surface area contributed by atoms with Crippen LogP contribution in [0, 0.1) is 5.92 Å². The third kappa shape index (κ3) is 1.68. The van der Waals surface area contributed by atoms with Crippen LogP contribution in [0.4, 0.5) is 0 Å². The van der Waals surface area contributed by atoms with Crippen LogP contribution < -0.4 is 5.73 Å². The van der Waals surface area contributed by atoms with Gasteiger partial charge in [-0.1, -0.05) is 13.8 Å². The smallest absolute Gasteiger partial charge is 0.351 e. The van der Waals surface area contributed by atoms with E-state index in [4.69, 9.17) is 15.9 Å². The van der Waals surface area contributed by atoms with Gasteiger partial charge in [-0.3, -0.25) is 5.73 Å². The molecule has 4 N–H and O–H groups in total. The van der Waals surface area contributed by atoms with Crippen molar-refractivity contribution in [3.63, 3.8) is 0 Å². The van der Waals surface area contributed by atoms with E-state index in [1.807, 2.05) is 0 Å². The lowest BCUT2D eigenvalue weighted by Crippen LogP contribution is -2.53. The Balaban J connectivity index is 4.23. The quantitative estimate of drug-likeness (QED) is 0.481. The molecule has 0 aromatic rings. The van der Waals surface area contributed by atoms with Crippen molar-refractivity contribution in [1.82, 2.24) is 0 Å². The van der Waals surface area contributed by atoms with Gasteiger partial charge in [0.25, 0.3) is 0 Å². The predicted molar refractivity (Wildman–Crippen MR) is 36.2 cm³/mol. The lowest BCUT2D eigenvalue weighted by molar-refractivity contribution is -0.163. The van der Waals surface area contributed by atoms with Gasteiger partial charge in [0.1, 0.15) is 0 Å². The summed E-state index contributed by atoms with van der Waals surface area (Å²) < 4.78 is 0. The molecule has 0 aliphatic heterocycles. The van der Waals surface area contributed by atoms with Crippen molar-refractivity contribution < 1.29 is 15.0 Å². The Hall–Kier alpha value is -0.610. The average Bonchev–Trinajstić information content (AvgIpc) is 1.86. The summed E-state index contributed by atoms with van der Waals surface area (Å²) in [4.78, 5) is 10.2. The fourth-order valence-electron chi connectivity index (χ4n) is 0.522. The van der Waals surface area contributed by atoms with Gasteiger partial charge in [0.15, 0.2) is 0 Å². The molecule has 0 aliphatic rings. The highest BCUT2D eigenvalue weighted by atomic mass is 16.4. The van der Waals surface area contributed by atoms with Gasteiger partial charge in [-0.15, -0.1) is 0 Å². The molecule has 60 valence electrons. The summed E-state index contributed by atoms with van der Waals surface area (Å²) in [5, 5.41) is 17.4. The molecule has 0 fully saturated rings. The largest absolute Gasteiger partial charge is 0.478 e. The number of carboxylic acid groups (broad SMARTS) is 1. The van der Waals surface area contributed by atoms with Crippen LogP contribution in [-0.2, 0) is 4.79 Å². The molecule has 0 rings (SSSR count). The summed E-state index contributed by atoms with van der Waals surface area (Å²) in [6.45, 7) is 3.36. The van der Waals surface area contributed by atoms with E-state index in [0.29, 0.717) is 6.42 Å². The number of rotatable bonds is 3. The molecule has 0 saturated carbocycles. The van der Waals surface area contributed by atoms with Gasteiger partial charge in [0.05, 0.1) is 0 Å². The van der Waals surface area contributed by atoms with Gasteiger partial charge in [-0.05, 0) is 6.42 Å². The minimum Gasteiger partial charge on any atom is -0.478 e. The number of aliphatic carboxylic acids is 1. The highest BCUT2D eigenvalue weighted by Gasteiger charge is 2.36. The van der Waals surface area contributed by atoms with Crippen LogP contribution in [-0.4, -0.2) is 21.9 Å². The maximum absolute atomic E-state index is 10.2. The molecule has 0 saturated heterocycles. The van der Waals surface area contributed by atoms with Crippen LogP contribution in [0.15, 0.2) is 0 Å². The fraction of sp³-hybridized carbons (Fsp3) is 0.833. The Morgan fingerprint density at radius 1 is 1.80 bits per heavy atom. The molecule has 10 heavy (non-hydrogen) atoms. The maximum atomic E-state index is 10.2. The molecule has 0 spiro atoms. The van der Waals surface area contributed by atoms with Crippen LogP contribution in [0.25, 0.3) is 0 Å². The number of hydrogen-bond acceptors (Lipinski definition) is 3. The summed E-state index contributed by atoms with van der Waals surface area (Å²) in [7, 11) is 0. The van der Waals surface area contributed by atoms with E-state index in [-0.39, 0.29) is 0 Å². The van der Waals surface area contributed by atoms with Crippen molar-refractivity contribution >= 4 is 5.97 Å². The van der Waals surface area contributed by atoms with E-state index < -0.39 is 17.6 Å². The maximum Gasteiger partial charge on any atom is 0.351 e. The third-order valence-corrected chi connectivity index (χ3v) is 1.71. The molecule has 0 aliphatic carbocycles. The fourth-order valence-corrected chi connectivity index (χ4v) is 0.522. The summed E-state index contributed by atoms with van der Waals surface area (Å²) in [6, 6.07) is 0. The Bertz CT molecular complexity index is 133. The first kappa shape index (κ1) is 9.39. The van der Waals surface area contributed by atoms with Gasteiger partial charge < -0.3 is 10.2 Å². The molecule has 4 nitrogen and oxygen atoms in total. The number of aliphatic hydroxyl groups is 1. The van der Waals surface area contributed by atoms with Gasteiger partial charge in [0, 0.05) is 5.92 Å². The van der Waals surface area contributed by atoms with E-state index in [0.717, 1.165) is 0 Å². The molecule has 0 aromatic heterocycles. The number of carbonyl (C=O) groups is 1. The molecule has 0 aromatic carbocycles. The van der Waals surface area contributed by atoms with Crippen LogP contribution >= 0.6 is 0 Å². The zero-order valence-corrected chi connectivity index (χ0v) is 6.16. The molecular weight excluding hydrogens is 134 g/mol. The van der Waals surface area contributed by atoms with Crippen molar-refractivity contribution in [3.05, 3.63) is 0 Å². The molecule has 0 bridgehead atoms. The van der Waals surface area contributed by atoms with E-state index in [1.165, 1.54) is 0 Å². The number of nitrogens with two attached hydrogens (primary N) is 1. The second-order valence-electron chi connectivity index (χ2n) is 2.44. The van der Waals surface area contributed by atoms with E-state index in [2.05, 4.69) is 0 Å². The molecule has 2 atom stereocenters. The van der Waals surface area contributed by atoms with Crippen molar-refractivity contribution in [2.45, 2.75) is 26.0 Å². The van der Waals surface area contributed by atoms with E-state index in [9.17, 15) is 4.79 Å². The van der Waals surface area contributed by atoms with E-state index >= 15 is 0 Å². The minimum atomic E-state index is -2.07. The normalized spacial score (nSPS) is 19.6. The average molecular weight is 147 g/mol. The van der Waals surface area contributed by atoms with Gasteiger partial charge in [-0.25, -0.2) is 4.79 Å². The number of carboxylic acids is 1. The summed E-state index contributed by atoms with van der Waals surface area (Å²) in [5.41, 5.74) is 2.99. The first-order valence-electron chi connectivity index (χ1n) is 3.17. The molecular formula is C6H13NO3. The topological polar surface area (TPSA) is 83.5 Å². The van der Waals surface area contributed by atoms with Crippen molar-refractivity contribution in [2.24, 2.45) is 11.7 Å². The van der Waals surface area contributed by atoms with Gasteiger partial charge in [-0.2, -0.15) is 0 Å². The predicted octanol–water partition coefficient (Wildman–Crippen LogP) is -0.236. The van der Waals surface area contributed by atoms with Gasteiger partial charge >= 0.3 is 5.97 Å². The van der Waals surface area contributed by atoms with Crippen molar-refractivity contribution in [1.29, 1.82) is 0 Å². The Kier molecular flexibility index (Phi) is 2.80. The molecule has 0 amide bonds. The second-order valence-corrected chi connectivity index (χ2v) is 2.44. The van der Waals surface area contributed by atoms with Crippen LogP contribution in [0.1, 0.15) is 20.3 Å². The molecule has 0 unspecified atom stereocenters. The summed E-state index contributed by atoms with van der Waals surface area (Å²) >= 11 is 0. The van der Waals surface area contributed by atoms with Gasteiger partial charge in [0.2, 0.25) is 5.72 Å². The zero-order chi connectivity index (χ0) is 8.36. The third-order valence-electron chi connectivity index (χ3n) is 1.71. The van der Waals surface area contributed by atoms with Crippen LogP contribution in [0.2, 0.25) is 0 Å². The second kappa shape index (κ2) is 2.98. The number of hydrogen-bond donors (Lipinski definition) is 3. The monoisotopic (exact) mass is 147 g/mol. The standard InChI is InChI=1S/C6H13NO3/c1-3-4(2)6(7,10)5(8)9/h4,10H,3,7H2,1-2H3,(H,8,9)/t4-,6+/m1/s1. The zero-order valence-electron chi connectivity index (χ0n) is 6.16. The van der Waals surface area contributed by atoms with E-state index in [1.54, 1.807) is 13.8 Å². The Labute approximate surface area is 59.7 Å². The first-order valence-corrected chi connectivity index (χ1v) is 3.17. The summed E-state index contributed by atoms with van der Waals surface area (Å²) in [5.74, 6) is -1.80. The minimum absolute atomic E-state index is 0.426. The van der Waals surface area contributed by atoms with Crippen molar-refractivity contribution in [2.75, 3.05) is 0 Å². The molecule has 4 heteroatoms. The lowest BCUT2D eigenvalue weighted by atomic mass is 9.96. The van der Waals surface area contributed by atoms with Crippen LogP contribution in [0.3, 0.4) is 0 Å². The first-order chi connectivity index (χ1) is 4.42. The molecule has 0 radical (unpaired) electrons. The Morgan fingerprint density at radius 3 is 2.30 bits per heavy atom. The SMILES string of the molecule is CC[C@@H](C)[C@](N)(O)C(=O)O. The highest BCUT2D eigenvalue weighted by Crippen LogP contribution is 2.14. The molecule has 0 heterocycles.